The molecule has 0 amide bonds. The van der Waals surface area contributed by atoms with E-state index in [4.69, 9.17) is 9.84 Å². The number of aromatic carboxylic acids is 1. The molecule has 80 valence electrons. The van der Waals surface area contributed by atoms with Gasteiger partial charge in [-0.05, 0) is 25.1 Å². The molecule has 0 radical (unpaired) electrons. The molecule has 1 aromatic rings. The summed E-state index contributed by atoms with van der Waals surface area (Å²) < 4.78 is 5.13. The molecule has 1 rings (SSSR count). The number of carbonyl (C=O) groups is 1. The standard InChI is InChI=1S/C11H12O4/c1-3-15-7(2)8-4-5-10(12)9(6-8)11(13)14/h4-6,12H,2-3H2,1H3,(H,13,14). The van der Waals surface area contributed by atoms with E-state index in [2.05, 4.69) is 6.58 Å². The maximum Gasteiger partial charge on any atom is 0.339 e. The van der Waals surface area contributed by atoms with Gasteiger partial charge in [0.1, 0.15) is 17.1 Å². The minimum atomic E-state index is -1.18. The lowest BCUT2D eigenvalue weighted by Gasteiger charge is -2.08. The summed E-state index contributed by atoms with van der Waals surface area (Å²) in [6.07, 6.45) is 0. The van der Waals surface area contributed by atoms with Crippen molar-refractivity contribution in [2.75, 3.05) is 6.61 Å². The number of hydrogen-bond donors (Lipinski definition) is 2. The van der Waals surface area contributed by atoms with Crippen LogP contribution in [0.3, 0.4) is 0 Å². The quantitative estimate of drug-likeness (QED) is 0.743. The van der Waals surface area contributed by atoms with Gasteiger partial charge in [-0.3, -0.25) is 0 Å². The summed E-state index contributed by atoms with van der Waals surface area (Å²) in [5, 5.41) is 18.0. The Hall–Kier alpha value is -1.97. The Morgan fingerprint density at radius 3 is 2.73 bits per heavy atom. The van der Waals surface area contributed by atoms with E-state index in [9.17, 15) is 9.90 Å². The number of carboxylic acids is 1. The molecule has 0 saturated carbocycles. The number of ether oxygens (including phenoxy) is 1. The Morgan fingerprint density at radius 2 is 2.20 bits per heavy atom. The van der Waals surface area contributed by atoms with Gasteiger partial charge in [-0.1, -0.05) is 6.58 Å². The molecule has 2 N–H and O–H groups in total. The van der Waals surface area contributed by atoms with Crippen molar-refractivity contribution in [1.82, 2.24) is 0 Å². The second-order valence-electron chi connectivity index (χ2n) is 2.89. The number of aromatic hydroxyl groups is 1. The van der Waals surface area contributed by atoms with E-state index in [1.165, 1.54) is 12.1 Å². The largest absolute Gasteiger partial charge is 0.507 e. The van der Waals surface area contributed by atoms with Crippen molar-refractivity contribution in [3.63, 3.8) is 0 Å². The molecule has 0 atom stereocenters. The molecule has 0 heterocycles. The molecule has 4 nitrogen and oxygen atoms in total. The molecule has 0 saturated heterocycles. The van der Waals surface area contributed by atoms with Crippen LogP contribution >= 0.6 is 0 Å². The normalized spacial score (nSPS) is 9.67. The molecule has 0 aromatic heterocycles. The average molecular weight is 208 g/mol. The zero-order valence-electron chi connectivity index (χ0n) is 8.36. The van der Waals surface area contributed by atoms with Crippen LogP contribution in [0.15, 0.2) is 24.8 Å². The van der Waals surface area contributed by atoms with Crippen molar-refractivity contribution >= 4 is 11.7 Å². The first-order valence-electron chi connectivity index (χ1n) is 4.44. The number of carboxylic acid groups (broad SMARTS) is 1. The van der Waals surface area contributed by atoms with Crippen LogP contribution in [0.4, 0.5) is 0 Å². The smallest absolute Gasteiger partial charge is 0.339 e. The second kappa shape index (κ2) is 4.50. The Labute approximate surface area is 87.4 Å². The molecular weight excluding hydrogens is 196 g/mol. The Kier molecular flexibility index (Phi) is 3.33. The lowest BCUT2D eigenvalue weighted by atomic mass is 10.1. The predicted octanol–water partition coefficient (Wildman–Crippen LogP) is 2.10. The van der Waals surface area contributed by atoms with E-state index < -0.39 is 5.97 Å². The Balaban J connectivity index is 3.07. The molecule has 1 aromatic carbocycles. The third kappa shape index (κ3) is 2.49. The zero-order valence-corrected chi connectivity index (χ0v) is 8.36. The zero-order chi connectivity index (χ0) is 11.4. The van der Waals surface area contributed by atoms with Crippen LogP contribution in [0, 0.1) is 0 Å². The summed E-state index contributed by atoms with van der Waals surface area (Å²) in [7, 11) is 0. The predicted molar refractivity (Wildman–Crippen MR) is 55.7 cm³/mol. The first-order chi connectivity index (χ1) is 7.06. The molecule has 15 heavy (non-hydrogen) atoms. The molecule has 4 heteroatoms. The summed E-state index contributed by atoms with van der Waals surface area (Å²) in [5.74, 6) is -1.06. The van der Waals surface area contributed by atoms with E-state index in [0.29, 0.717) is 17.9 Å². The SMILES string of the molecule is C=C(OCC)c1ccc(O)c(C(=O)O)c1. The highest BCUT2D eigenvalue weighted by Gasteiger charge is 2.11. The number of benzene rings is 1. The van der Waals surface area contributed by atoms with Gasteiger partial charge < -0.3 is 14.9 Å². The van der Waals surface area contributed by atoms with Gasteiger partial charge >= 0.3 is 5.97 Å². The van der Waals surface area contributed by atoms with Crippen molar-refractivity contribution in [2.24, 2.45) is 0 Å². The maximum absolute atomic E-state index is 10.7. The Bertz CT molecular complexity index is 396. The van der Waals surface area contributed by atoms with Gasteiger partial charge in [-0.25, -0.2) is 4.79 Å². The van der Waals surface area contributed by atoms with Gasteiger partial charge in [0, 0.05) is 5.56 Å². The van der Waals surface area contributed by atoms with Crippen molar-refractivity contribution in [3.8, 4) is 5.75 Å². The van der Waals surface area contributed by atoms with E-state index in [0.717, 1.165) is 0 Å². The second-order valence-corrected chi connectivity index (χ2v) is 2.89. The molecule has 0 aliphatic rings. The maximum atomic E-state index is 10.7. The highest BCUT2D eigenvalue weighted by Crippen LogP contribution is 2.22. The lowest BCUT2D eigenvalue weighted by Crippen LogP contribution is -1.99. The lowest BCUT2D eigenvalue weighted by molar-refractivity contribution is 0.0693. The van der Waals surface area contributed by atoms with Crippen molar-refractivity contribution in [1.29, 1.82) is 0 Å². The van der Waals surface area contributed by atoms with Gasteiger partial charge in [0.2, 0.25) is 0 Å². The molecule has 0 unspecified atom stereocenters. The number of hydrogen-bond acceptors (Lipinski definition) is 3. The van der Waals surface area contributed by atoms with Crippen molar-refractivity contribution in [2.45, 2.75) is 6.92 Å². The van der Waals surface area contributed by atoms with Crippen LogP contribution < -0.4 is 0 Å². The fourth-order valence-corrected chi connectivity index (χ4v) is 1.14. The molecular formula is C11H12O4. The van der Waals surface area contributed by atoms with Crippen LogP contribution in [0.5, 0.6) is 5.75 Å². The van der Waals surface area contributed by atoms with E-state index in [1.807, 2.05) is 6.92 Å². The van der Waals surface area contributed by atoms with E-state index in [-0.39, 0.29) is 11.3 Å². The fraction of sp³-hybridized carbons (Fsp3) is 0.182. The summed E-state index contributed by atoms with van der Waals surface area (Å²) >= 11 is 0. The molecule has 0 aliphatic heterocycles. The summed E-state index contributed by atoms with van der Waals surface area (Å²) in [4.78, 5) is 10.7. The van der Waals surface area contributed by atoms with E-state index >= 15 is 0 Å². The van der Waals surface area contributed by atoms with Gasteiger partial charge in [-0.15, -0.1) is 0 Å². The van der Waals surface area contributed by atoms with Gasteiger partial charge in [0.05, 0.1) is 6.61 Å². The highest BCUT2D eigenvalue weighted by atomic mass is 16.5. The summed E-state index contributed by atoms with van der Waals surface area (Å²) in [6.45, 7) is 5.92. The molecule has 0 spiro atoms. The molecule has 0 aliphatic carbocycles. The van der Waals surface area contributed by atoms with Crippen LogP contribution in [0.2, 0.25) is 0 Å². The van der Waals surface area contributed by atoms with Crippen LogP contribution in [-0.2, 0) is 4.74 Å². The van der Waals surface area contributed by atoms with Gasteiger partial charge in [-0.2, -0.15) is 0 Å². The first-order valence-corrected chi connectivity index (χ1v) is 4.44. The monoisotopic (exact) mass is 208 g/mol. The topological polar surface area (TPSA) is 66.8 Å². The van der Waals surface area contributed by atoms with Crippen molar-refractivity contribution < 1.29 is 19.7 Å². The third-order valence-corrected chi connectivity index (χ3v) is 1.87. The molecule has 0 fully saturated rings. The first kappa shape index (κ1) is 11.1. The third-order valence-electron chi connectivity index (χ3n) is 1.87. The van der Waals surface area contributed by atoms with Crippen LogP contribution in [0.1, 0.15) is 22.8 Å². The summed E-state index contributed by atoms with van der Waals surface area (Å²) in [6, 6.07) is 4.19. The minimum absolute atomic E-state index is 0.159. The fourth-order valence-electron chi connectivity index (χ4n) is 1.14. The average Bonchev–Trinajstić information content (AvgIpc) is 2.18. The van der Waals surface area contributed by atoms with Crippen molar-refractivity contribution in [3.05, 3.63) is 35.9 Å². The van der Waals surface area contributed by atoms with Gasteiger partial charge in [0.15, 0.2) is 0 Å². The number of rotatable bonds is 4. The van der Waals surface area contributed by atoms with Crippen LogP contribution in [-0.4, -0.2) is 22.8 Å². The summed E-state index contributed by atoms with van der Waals surface area (Å²) in [5.41, 5.74) is 0.389. The van der Waals surface area contributed by atoms with E-state index in [1.54, 1.807) is 6.07 Å². The highest BCUT2D eigenvalue weighted by molar-refractivity contribution is 5.91. The van der Waals surface area contributed by atoms with Gasteiger partial charge in [0.25, 0.3) is 0 Å². The molecule has 0 bridgehead atoms. The minimum Gasteiger partial charge on any atom is -0.507 e. The Morgan fingerprint density at radius 1 is 1.53 bits per heavy atom. The van der Waals surface area contributed by atoms with Crippen LogP contribution in [0.25, 0.3) is 5.76 Å². The number of phenols is 1.